The van der Waals surface area contributed by atoms with E-state index in [1.54, 1.807) is 18.3 Å². The molecule has 6 heteroatoms. The number of oxazole rings is 1. The van der Waals surface area contributed by atoms with Gasteiger partial charge in [0.15, 0.2) is 5.58 Å². The molecule has 2 aromatic heterocycles. The van der Waals surface area contributed by atoms with Crippen LogP contribution in [0.3, 0.4) is 0 Å². The molecule has 0 unspecified atom stereocenters. The molecule has 2 heterocycles. The summed E-state index contributed by atoms with van der Waals surface area (Å²) in [5, 5.41) is 8.94. The monoisotopic (exact) mass is 348 g/mol. The number of nitriles is 1. The van der Waals surface area contributed by atoms with Crippen molar-refractivity contribution in [1.29, 1.82) is 5.26 Å². The van der Waals surface area contributed by atoms with Crippen LogP contribution in [0.15, 0.2) is 40.9 Å². The fourth-order valence-electron chi connectivity index (χ4n) is 3.40. The topological polar surface area (TPSA) is 75.2 Å². The number of rotatable bonds is 4. The van der Waals surface area contributed by atoms with Gasteiger partial charge in [0.2, 0.25) is 0 Å². The average molecular weight is 348 g/mol. The Kier molecular flexibility index (Phi) is 4.44. The summed E-state index contributed by atoms with van der Waals surface area (Å²) in [6.07, 6.45) is 7.78. The molecule has 132 valence electrons. The first-order chi connectivity index (χ1) is 12.7. The van der Waals surface area contributed by atoms with Gasteiger partial charge in [0, 0.05) is 31.4 Å². The quantitative estimate of drug-likeness (QED) is 0.683. The van der Waals surface area contributed by atoms with Crippen LogP contribution >= 0.6 is 0 Å². The molecule has 0 amide bonds. The molecule has 1 aromatic carbocycles. The molecule has 0 radical (unpaired) electrons. The van der Waals surface area contributed by atoms with E-state index in [0.717, 1.165) is 5.52 Å². The van der Waals surface area contributed by atoms with Gasteiger partial charge >= 0.3 is 0 Å². The molecule has 0 atom stereocenters. The van der Waals surface area contributed by atoms with Crippen molar-refractivity contribution in [3.05, 3.63) is 42.2 Å². The first kappa shape index (κ1) is 16.4. The number of hydrogen-bond donors (Lipinski definition) is 0. The standard InChI is InChI=1S/C20H20N4O2/c1-24(15-5-3-2-4-6-15)20-23-18-8-7-16(12-19(18)26-20)25-17-9-10-22-14(11-17)13-21/h7-12,15H,2-6H2,1H3. The van der Waals surface area contributed by atoms with Crippen molar-refractivity contribution >= 4 is 17.1 Å². The van der Waals surface area contributed by atoms with Crippen LogP contribution < -0.4 is 9.64 Å². The Morgan fingerprint density at radius 1 is 1.15 bits per heavy atom. The number of nitrogens with zero attached hydrogens (tertiary/aromatic N) is 4. The Morgan fingerprint density at radius 3 is 2.77 bits per heavy atom. The van der Waals surface area contributed by atoms with Gasteiger partial charge in [-0.2, -0.15) is 10.2 Å². The molecule has 1 saturated carbocycles. The molecule has 26 heavy (non-hydrogen) atoms. The summed E-state index contributed by atoms with van der Waals surface area (Å²) in [4.78, 5) is 10.7. The van der Waals surface area contributed by atoms with E-state index >= 15 is 0 Å². The van der Waals surface area contributed by atoms with E-state index in [2.05, 4.69) is 21.9 Å². The maximum Gasteiger partial charge on any atom is 0.298 e. The Balaban J connectivity index is 1.56. The molecule has 0 saturated heterocycles. The second-order valence-corrected chi connectivity index (χ2v) is 6.62. The van der Waals surface area contributed by atoms with Gasteiger partial charge in [-0.05, 0) is 31.0 Å². The number of anilines is 1. The maximum atomic E-state index is 8.94. The van der Waals surface area contributed by atoms with Crippen molar-refractivity contribution in [1.82, 2.24) is 9.97 Å². The lowest BCUT2D eigenvalue weighted by Crippen LogP contribution is -2.33. The number of pyridine rings is 1. The lowest BCUT2D eigenvalue weighted by atomic mass is 9.95. The number of benzene rings is 1. The predicted molar refractivity (Wildman–Crippen MR) is 98.3 cm³/mol. The fraction of sp³-hybridized carbons (Fsp3) is 0.350. The molecule has 1 aliphatic carbocycles. The summed E-state index contributed by atoms with van der Waals surface area (Å²) in [5.74, 6) is 1.20. The SMILES string of the molecule is CN(c1nc2ccc(Oc3ccnc(C#N)c3)cc2o1)C1CCCCC1. The van der Waals surface area contributed by atoms with E-state index in [1.807, 2.05) is 24.3 Å². The number of ether oxygens (including phenoxy) is 1. The third-order valence-electron chi connectivity index (χ3n) is 4.85. The minimum atomic E-state index is 0.319. The van der Waals surface area contributed by atoms with Gasteiger partial charge in [-0.15, -0.1) is 0 Å². The van der Waals surface area contributed by atoms with Crippen molar-refractivity contribution in [3.8, 4) is 17.6 Å². The van der Waals surface area contributed by atoms with Gasteiger partial charge < -0.3 is 14.1 Å². The van der Waals surface area contributed by atoms with E-state index in [9.17, 15) is 0 Å². The minimum Gasteiger partial charge on any atom is -0.457 e. The van der Waals surface area contributed by atoms with Gasteiger partial charge in [0.05, 0.1) is 0 Å². The van der Waals surface area contributed by atoms with Crippen LogP contribution in [0.5, 0.6) is 11.5 Å². The summed E-state index contributed by atoms with van der Waals surface area (Å²) in [6.45, 7) is 0. The molecule has 1 aliphatic rings. The van der Waals surface area contributed by atoms with Gasteiger partial charge in [-0.3, -0.25) is 0 Å². The van der Waals surface area contributed by atoms with Crippen molar-refractivity contribution in [2.75, 3.05) is 11.9 Å². The van der Waals surface area contributed by atoms with E-state index in [-0.39, 0.29) is 0 Å². The number of aromatic nitrogens is 2. The molecule has 0 bridgehead atoms. The van der Waals surface area contributed by atoms with Crippen LogP contribution in [0.2, 0.25) is 0 Å². The normalized spacial score (nSPS) is 14.9. The molecule has 0 spiro atoms. The first-order valence-corrected chi connectivity index (χ1v) is 8.90. The van der Waals surface area contributed by atoms with Crippen LogP contribution in [-0.2, 0) is 0 Å². The lowest BCUT2D eigenvalue weighted by molar-refractivity contribution is 0.409. The van der Waals surface area contributed by atoms with Gasteiger partial charge in [-0.25, -0.2) is 4.98 Å². The van der Waals surface area contributed by atoms with Gasteiger partial charge in [-0.1, -0.05) is 19.3 Å². The van der Waals surface area contributed by atoms with Crippen molar-refractivity contribution in [3.63, 3.8) is 0 Å². The third-order valence-corrected chi connectivity index (χ3v) is 4.85. The third kappa shape index (κ3) is 3.33. The zero-order valence-corrected chi connectivity index (χ0v) is 14.7. The summed E-state index contributed by atoms with van der Waals surface area (Å²) in [6, 6.07) is 12.0. The predicted octanol–water partition coefficient (Wildman–Crippen LogP) is 4.66. The summed E-state index contributed by atoms with van der Waals surface area (Å²) in [5.41, 5.74) is 1.82. The zero-order chi connectivity index (χ0) is 17.9. The van der Waals surface area contributed by atoms with Crippen LogP contribution in [-0.4, -0.2) is 23.1 Å². The summed E-state index contributed by atoms with van der Waals surface area (Å²) < 4.78 is 11.8. The van der Waals surface area contributed by atoms with Crippen LogP contribution in [0.25, 0.3) is 11.1 Å². The smallest absolute Gasteiger partial charge is 0.298 e. The highest BCUT2D eigenvalue weighted by Crippen LogP contribution is 2.31. The Bertz CT molecular complexity index is 954. The van der Waals surface area contributed by atoms with Crippen molar-refractivity contribution in [2.24, 2.45) is 0 Å². The molecule has 1 fully saturated rings. The number of hydrogen-bond acceptors (Lipinski definition) is 6. The van der Waals surface area contributed by atoms with Crippen LogP contribution in [0.1, 0.15) is 37.8 Å². The summed E-state index contributed by atoms with van der Waals surface area (Å²) >= 11 is 0. The highest BCUT2D eigenvalue weighted by molar-refractivity contribution is 5.76. The molecular weight excluding hydrogens is 328 g/mol. The van der Waals surface area contributed by atoms with E-state index in [0.29, 0.717) is 34.8 Å². The van der Waals surface area contributed by atoms with E-state index < -0.39 is 0 Å². The molecule has 0 N–H and O–H groups in total. The van der Waals surface area contributed by atoms with E-state index in [1.165, 1.54) is 32.1 Å². The molecule has 4 rings (SSSR count). The first-order valence-electron chi connectivity index (χ1n) is 8.90. The molecule has 3 aromatic rings. The maximum absolute atomic E-state index is 8.94. The Morgan fingerprint density at radius 2 is 1.96 bits per heavy atom. The zero-order valence-electron chi connectivity index (χ0n) is 14.7. The van der Waals surface area contributed by atoms with Gasteiger partial charge in [0.1, 0.15) is 28.8 Å². The van der Waals surface area contributed by atoms with Crippen molar-refractivity contribution < 1.29 is 9.15 Å². The van der Waals surface area contributed by atoms with E-state index in [4.69, 9.17) is 14.4 Å². The highest BCUT2D eigenvalue weighted by Gasteiger charge is 2.22. The second-order valence-electron chi connectivity index (χ2n) is 6.62. The number of fused-ring (bicyclic) bond motifs is 1. The molecule has 0 aliphatic heterocycles. The Labute approximate surface area is 152 Å². The van der Waals surface area contributed by atoms with Gasteiger partial charge in [0.25, 0.3) is 6.01 Å². The Hall–Kier alpha value is -3.07. The molecular formula is C20H20N4O2. The van der Waals surface area contributed by atoms with Crippen LogP contribution in [0, 0.1) is 11.3 Å². The fourth-order valence-corrected chi connectivity index (χ4v) is 3.40. The van der Waals surface area contributed by atoms with Crippen LogP contribution in [0.4, 0.5) is 6.01 Å². The molecule has 6 nitrogen and oxygen atoms in total. The average Bonchev–Trinajstić information content (AvgIpc) is 3.11. The lowest BCUT2D eigenvalue weighted by Gasteiger charge is -2.29. The van der Waals surface area contributed by atoms with Crippen molar-refractivity contribution in [2.45, 2.75) is 38.1 Å². The minimum absolute atomic E-state index is 0.319. The second kappa shape index (κ2) is 7.04. The highest BCUT2D eigenvalue weighted by atomic mass is 16.5. The largest absolute Gasteiger partial charge is 0.457 e. The summed E-state index contributed by atoms with van der Waals surface area (Å²) in [7, 11) is 2.05.